The molecule has 0 aliphatic heterocycles. The van der Waals surface area contributed by atoms with Crippen molar-refractivity contribution in [3.63, 3.8) is 0 Å². The molecule has 0 aromatic carbocycles. The fourth-order valence-electron chi connectivity index (χ4n) is 7.12. The van der Waals surface area contributed by atoms with Crippen LogP contribution in [-0.4, -0.2) is 37.2 Å². The second kappa shape index (κ2) is 58.6. The van der Waals surface area contributed by atoms with Crippen LogP contribution >= 0.6 is 0 Å². The maximum Gasteiger partial charge on any atom is 0.306 e. The highest BCUT2D eigenvalue weighted by Gasteiger charge is 2.19. The number of carbonyl (C=O) groups excluding carboxylic acids is 3. The van der Waals surface area contributed by atoms with Crippen LogP contribution in [-0.2, 0) is 28.6 Å². The third-order valence-corrected chi connectivity index (χ3v) is 11.3. The maximum absolute atomic E-state index is 12.9. The second-order valence-corrected chi connectivity index (χ2v) is 18.0. The van der Waals surface area contributed by atoms with E-state index in [1.807, 2.05) is 12.2 Å². The van der Waals surface area contributed by atoms with E-state index in [1.54, 1.807) is 0 Å². The summed E-state index contributed by atoms with van der Waals surface area (Å²) in [7, 11) is 0. The van der Waals surface area contributed by atoms with Crippen LogP contribution in [0.5, 0.6) is 0 Å². The Bertz CT molecular complexity index is 1660. The predicted octanol–water partition coefficient (Wildman–Crippen LogP) is 19.4. The highest BCUT2D eigenvalue weighted by atomic mass is 16.6. The monoisotopic (exact) mass is 991 g/mol. The summed E-state index contributed by atoms with van der Waals surface area (Å²) in [4.78, 5) is 38.2. The van der Waals surface area contributed by atoms with Crippen molar-refractivity contribution in [3.8, 4) is 0 Å². The van der Waals surface area contributed by atoms with E-state index in [0.29, 0.717) is 12.8 Å². The largest absolute Gasteiger partial charge is 0.462 e. The van der Waals surface area contributed by atoms with Gasteiger partial charge in [-0.3, -0.25) is 14.4 Å². The van der Waals surface area contributed by atoms with Gasteiger partial charge in [-0.1, -0.05) is 230 Å². The van der Waals surface area contributed by atoms with Gasteiger partial charge in [0, 0.05) is 19.3 Å². The summed E-state index contributed by atoms with van der Waals surface area (Å²) < 4.78 is 16.8. The number of ether oxygens (including phenoxy) is 3. The van der Waals surface area contributed by atoms with Gasteiger partial charge >= 0.3 is 17.9 Å². The normalized spacial score (nSPS) is 13.3. The van der Waals surface area contributed by atoms with Gasteiger partial charge in [0.25, 0.3) is 0 Å². The summed E-state index contributed by atoms with van der Waals surface area (Å²) in [5.41, 5.74) is 0. The molecule has 0 saturated carbocycles. The van der Waals surface area contributed by atoms with E-state index in [2.05, 4.69) is 167 Å². The summed E-state index contributed by atoms with van der Waals surface area (Å²) in [6.07, 6.45) is 85.2. The Morgan fingerprint density at radius 2 is 0.528 bits per heavy atom. The van der Waals surface area contributed by atoms with E-state index in [9.17, 15) is 14.4 Å². The summed E-state index contributed by atoms with van der Waals surface area (Å²) in [5.74, 6) is -1.04. The number of rotatable bonds is 49. The predicted molar refractivity (Wildman–Crippen MR) is 311 cm³/mol. The van der Waals surface area contributed by atoms with Crippen LogP contribution in [0.15, 0.2) is 158 Å². The highest BCUT2D eigenvalue weighted by Crippen LogP contribution is 2.13. The minimum absolute atomic E-state index is 0.122. The fourth-order valence-corrected chi connectivity index (χ4v) is 7.12. The fraction of sp³-hybridized carbons (Fsp3) is 0.561. The van der Waals surface area contributed by atoms with Crippen LogP contribution in [0, 0.1) is 0 Å². The number of hydrogen-bond donors (Lipinski definition) is 0. The minimum Gasteiger partial charge on any atom is -0.462 e. The van der Waals surface area contributed by atoms with E-state index in [0.717, 1.165) is 148 Å². The number of hydrogen-bond acceptors (Lipinski definition) is 6. The molecular formula is C66H102O6. The first-order valence-corrected chi connectivity index (χ1v) is 28.5. The lowest BCUT2D eigenvalue weighted by atomic mass is 10.1. The van der Waals surface area contributed by atoms with Crippen LogP contribution in [0.2, 0.25) is 0 Å². The minimum atomic E-state index is -0.831. The van der Waals surface area contributed by atoms with Crippen LogP contribution in [0.3, 0.4) is 0 Å². The first-order chi connectivity index (χ1) is 35.5. The van der Waals surface area contributed by atoms with Crippen molar-refractivity contribution in [2.45, 2.75) is 226 Å². The van der Waals surface area contributed by atoms with Crippen LogP contribution in [0.25, 0.3) is 0 Å². The molecule has 0 N–H and O–H groups in total. The van der Waals surface area contributed by atoms with E-state index >= 15 is 0 Å². The Balaban J connectivity index is 4.58. The topological polar surface area (TPSA) is 78.9 Å². The zero-order valence-corrected chi connectivity index (χ0v) is 45.9. The lowest BCUT2D eigenvalue weighted by Gasteiger charge is -2.18. The molecule has 1 unspecified atom stereocenters. The summed E-state index contributed by atoms with van der Waals surface area (Å²) in [6.45, 7) is 6.20. The number of allylic oxidation sites excluding steroid dienone is 26. The Labute approximate surface area is 441 Å². The van der Waals surface area contributed by atoms with Gasteiger partial charge in [0.2, 0.25) is 0 Å². The van der Waals surface area contributed by atoms with Crippen LogP contribution < -0.4 is 0 Å². The van der Waals surface area contributed by atoms with Crippen molar-refractivity contribution in [3.05, 3.63) is 158 Å². The molecule has 0 saturated heterocycles. The zero-order chi connectivity index (χ0) is 52.2. The lowest BCUT2D eigenvalue weighted by molar-refractivity contribution is -0.166. The van der Waals surface area contributed by atoms with E-state index in [-0.39, 0.29) is 44.0 Å². The molecule has 402 valence electrons. The average molecular weight is 992 g/mol. The molecule has 6 heteroatoms. The van der Waals surface area contributed by atoms with E-state index in [1.165, 1.54) is 25.7 Å². The SMILES string of the molecule is CC/C=C\C/C=C\C/C=C\C/C=C\C/C=C\C/C=C\CCC(=O)OCC(COC(=O)CCCCCCCC/C=C\C/C=C\C/C=C\CC)OC(=O)CCCCCCCC/C=C\C/C=C\C/C=C\C/C=C\CC. The first kappa shape index (κ1) is 67.0. The number of esters is 3. The lowest BCUT2D eigenvalue weighted by Crippen LogP contribution is -2.30. The van der Waals surface area contributed by atoms with E-state index in [4.69, 9.17) is 14.2 Å². The Kier molecular flexibility index (Phi) is 54.6. The standard InChI is InChI=1S/C66H102O6/c1-4-7-10-13-16-19-22-25-28-31-33-35-38-41-44-47-50-53-56-59-65(68)71-62-63(61-70-64(67)58-55-52-49-46-43-40-37-30-27-24-21-18-15-12-9-6-3)72-66(69)60-57-54-51-48-45-42-39-36-34-32-29-26-23-20-17-14-11-8-5-2/h7-12,16-21,25-30,33-36,41,44,50,53,63H,4-6,13-15,22-24,31-32,37-40,42-43,45-49,51-52,54-62H2,1-3H3/b10-7-,11-8-,12-9-,19-16-,20-17-,21-18-,28-25-,29-26-,30-27-,35-33-,36-34-,44-41-,53-50-. The Hall–Kier alpha value is -4.97. The van der Waals surface area contributed by atoms with Crippen molar-refractivity contribution in [2.24, 2.45) is 0 Å². The van der Waals surface area contributed by atoms with Crippen molar-refractivity contribution in [2.75, 3.05) is 13.2 Å². The average Bonchev–Trinajstić information content (AvgIpc) is 3.38. The molecule has 0 heterocycles. The van der Waals surface area contributed by atoms with Crippen molar-refractivity contribution >= 4 is 17.9 Å². The second-order valence-electron chi connectivity index (χ2n) is 18.0. The Morgan fingerprint density at radius 1 is 0.278 bits per heavy atom. The van der Waals surface area contributed by atoms with Gasteiger partial charge in [0.1, 0.15) is 13.2 Å². The molecular weight excluding hydrogens is 889 g/mol. The third-order valence-electron chi connectivity index (χ3n) is 11.3. The number of carbonyl (C=O) groups is 3. The summed E-state index contributed by atoms with van der Waals surface area (Å²) >= 11 is 0. The van der Waals surface area contributed by atoms with Gasteiger partial charge in [-0.05, 0) is 128 Å². The molecule has 1 atom stereocenters. The summed E-state index contributed by atoms with van der Waals surface area (Å²) in [5, 5.41) is 0. The van der Waals surface area contributed by atoms with Crippen molar-refractivity contribution < 1.29 is 28.6 Å². The Morgan fingerprint density at radius 3 is 0.861 bits per heavy atom. The van der Waals surface area contributed by atoms with Gasteiger partial charge < -0.3 is 14.2 Å². The number of unbranched alkanes of at least 4 members (excludes halogenated alkanes) is 12. The molecule has 0 fully saturated rings. The molecule has 0 aromatic heterocycles. The molecule has 0 aliphatic carbocycles. The van der Waals surface area contributed by atoms with Gasteiger partial charge in [-0.15, -0.1) is 0 Å². The highest BCUT2D eigenvalue weighted by molar-refractivity contribution is 5.71. The molecule has 0 bridgehead atoms. The molecule has 0 rings (SSSR count). The molecule has 0 aromatic rings. The smallest absolute Gasteiger partial charge is 0.306 e. The van der Waals surface area contributed by atoms with Gasteiger partial charge in [0.15, 0.2) is 6.10 Å². The first-order valence-electron chi connectivity index (χ1n) is 28.5. The van der Waals surface area contributed by atoms with E-state index < -0.39 is 6.10 Å². The quantitative estimate of drug-likeness (QED) is 0.0262. The van der Waals surface area contributed by atoms with Gasteiger partial charge in [-0.2, -0.15) is 0 Å². The van der Waals surface area contributed by atoms with Gasteiger partial charge in [0.05, 0.1) is 0 Å². The molecule has 0 aliphatic rings. The van der Waals surface area contributed by atoms with Crippen molar-refractivity contribution in [1.29, 1.82) is 0 Å². The van der Waals surface area contributed by atoms with Crippen LogP contribution in [0.4, 0.5) is 0 Å². The molecule has 0 amide bonds. The van der Waals surface area contributed by atoms with Crippen molar-refractivity contribution in [1.82, 2.24) is 0 Å². The zero-order valence-electron chi connectivity index (χ0n) is 45.9. The maximum atomic E-state index is 12.9. The third kappa shape index (κ3) is 56.0. The van der Waals surface area contributed by atoms with Gasteiger partial charge in [-0.25, -0.2) is 0 Å². The summed E-state index contributed by atoms with van der Waals surface area (Å²) in [6, 6.07) is 0. The van der Waals surface area contributed by atoms with Crippen LogP contribution in [0.1, 0.15) is 220 Å². The molecule has 6 nitrogen and oxygen atoms in total. The molecule has 0 spiro atoms. The molecule has 0 radical (unpaired) electrons. The molecule has 72 heavy (non-hydrogen) atoms.